The average Bonchev–Trinajstić information content (AvgIpc) is 3.45. The van der Waals surface area contributed by atoms with Gasteiger partial charge in [0.15, 0.2) is 0 Å². The Hall–Kier alpha value is -1.61. The predicted octanol–water partition coefficient (Wildman–Crippen LogP) is 3.96. The summed E-state index contributed by atoms with van der Waals surface area (Å²) in [5.74, 6) is 3.28. The molecule has 1 aliphatic heterocycles. The van der Waals surface area contributed by atoms with Gasteiger partial charge in [0.2, 0.25) is 5.91 Å². The zero-order chi connectivity index (χ0) is 24.3. The summed E-state index contributed by atoms with van der Waals surface area (Å²) < 4.78 is 5.40. The number of carbonyl (C=O) groups excluding carboxylic acids is 1. The first-order valence-corrected chi connectivity index (χ1v) is 10.8. The van der Waals surface area contributed by atoms with Crippen LogP contribution in [0.15, 0.2) is 34.9 Å². The number of hydrogen-bond acceptors (Lipinski definition) is 5. The second-order valence-electron chi connectivity index (χ2n) is 8.28. The average molecular weight is 681 g/mol. The number of aliphatic hydroxyl groups is 2. The third-order valence-electron chi connectivity index (χ3n) is 5.18. The SMILES string of the molecule is C#Cc1ccc(C[NH-])cc1.CC(C)c1cc(C(C(=O)N2CCC(O)C2)C(C)C)on1.CO.[U]. The first-order valence-electron chi connectivity index (χ1n) is 10.8. The minimum absolute atomic E-state index is 0. The normalized spacial score (nSPS) is 15.5. The van der Waals surface area contributed by atoms with Gasteiger partial charge in [-0.05, 0) is 30.4 Å². The number of carbonyl (C=O) groups is 1. The topological polar surface area (TPSA) is 111 Å². The van der Waals surface area contributed by atoms with Crippen LogP contribution in [0.3, 0.4) is 0 Å². The zero-order valence-electron chi connectivity index (χ0n) is 20.2. The van der Waals surface area contributed by atoms with Gasteiger partial charge >= 0.3 is 0 Å². The number of nitrogens with one attached hydrogen (secondary N) is 1. The van der Waals surface area contributed by atoms with E-state index in [1.807, 2.05) is 58.0 Å². The van der Waals surface area contributed by atoms with Crippen LogP contribution in [0, 0.1) is 49.4 Å². The first-order chi connectivity index (χ1) is 15.3. The summed E-state index contributed by atoms with van der Waals surface area (Å²) >= 11 is 0. The van der Waals surface area contributed by atoms with E-state index in [0.29, 0.717) is 31.8 Å². The van der Waals surface area contributed by atoms with E-state index in [1.54, 1.807) is 4.90 Å². The molecular formula is C25H36N3O4U-. The van der Waals surface area contributed by atoms with Crippen LogP contribution in [0.1, 0.15) is 68.5 Å². The Morgan fingerprint density at radius 3 is 2.27 bits per heavy atom. The Bertz CT molecular complexity index is 859. The molecule has 33 heavy (non-hydrogen) atoms. The van der Waals surface area contributed by atoms with E-state index in [-0.39, 0.29) is 54.8 Å². The summed E-state index contributed by atoms with van der Waals surface area (Å²) in [4.78, 5) is 14.4. The Morgan fingerprint density at radius 1 is 1.27 bits per heavy atom. The van der Waals surface area contributed by atoms with Crippen LogP contribution < -0.4 is 0 Å². The number of β-amino-alcohol motifs (C(OH)–C–C–N with tert-alkyl or cyclic N) is 1. The molecule has 2 unspecified atom stereocenters. The quantitative estimate of drug-likeness (QED) is 0.465. The molecule has 1 aromatic heterocycles. The molecule has 3 N–H and O–H groups in total. The van der Waals surface area contributed by atoms with Gasteiger partial charge in [0, 0.05) is 62.9 Å². The Labute approximate surface area is 221 Å². The third kappa shape index (κ3) is 9.65. The van der Waals surface area contributed by atoms with Crippen LogP contribution in [-0.2, 0) is 11.3 Å². The van der Waals surface area contributed by atoms with E-state index >= 15 is 0 Å². The van der Waals surface area contributed by atoms with Crippen LogP contribution in [0.5, 0.6) is 0 Å². The van der Waals surface area contributed by atoms with Gasteiger partial charge < -0.3 is 25.4 Å². The van der Waals surface area contributed by atoms with Crippen LogP contribution >= 0.6 is 0 Å². The van der Waals surface area contributed by atoms with Crippen molar-refractivity contribution in [3.05, 3.63) is 58.6 Å². The number of aromatic nitrogens is 1. The number of nitrogens with zero attached hydrogens (tertiary/aromatic N) is 2. The van der Waals surface area contributed by atoms with Crippen molar-refractivity contribution in [2.75, 3.05) is 20.2 Å². The van der Waals surface area contributed by atoms with E-state index in [0.717, 1.165) is 23.9 Å². The van der Waals surface area contributed by atoms with E-state index in [4.69, 9.17) is 21.8 Å². The summed E-state index contributed by atoms with van der Waals surface area (Å²) in [6.45, 7) is 9.47. The van der Waals surface area contributed by atoms with Crippen molar-refractivity contribution in [2.45, 2.75) is 58.6 Å². The molecule has 2 heterocycles. The van der Waals surface area contributed by atoms with Crippen molar-refractivity contribution in [1.82, 2.24) is 10.1 Å². The molecule has 1 saturated heterocycles. The molecule has 180 valence electrons. The summed E-state index contributed by atoms with van der Waals surface area (Å²) in [5, 5.41) is 20.6. The molecule has 0 saturated carbocycles. The minimum Gasteiger partial charge on any atom is -0.674 e. The molecule has 8 heteroatoms. The van der Waals surface area contributed by atoms with Crippen molar-refractivity contribution >= 4 is 5.91 Å². The third-order valence-corrected chi connectivity index (χ3v) is 5.18. The predicted molar refractivity (Wildman–Crippen MR) is 126 cm³/mol. The maximum atomic E-state index is 12.6. The largest absolute Gasteiger partial charge is 0.674 e. The molecule has 0 aliphatic carbocycles. The molecular weight excluding hydrogens is 644 g/mol. The Balaban J connectivity index is 0.000000666. The second kappa shape index (κ2) is 16.1. The number of amides is 1. The summed E-state index contributed by atoms with van der Waals surface area (Å²) in [7, 11) is 1.00. The summed E-state index contributed by atoms with van der Waals surface area (Å²) in [5.41, 5.74) is 9.77. The van der Waals surface area contributed by atoms with Gasteiger partial charge in [0.25, 0.3) is 0 Å². The zero-order valence-corrected chi connectivity index (χ0v) is 24.4. The number of terminal acetylenes is 1. The van der Waals surface area contributed by atoms with Gasteiger partial charge in [-0.3, -0.25) is 4.79 Å². The molecule has 1 amide bonds. The Kier molecular flexibility index (Phi) is 15.3. The number of aliphatic hydroxyl groups excluding tert-OH is 2. The maximum absolute atomic E-state index is 12.6. The van der Waals surface area contributed by atoms with Crippen molar-refractivity contribution in [3.63, 3.8) is 0 Å². The number of rotatable bonds is 5. The molecule has 2 atom stereocenters. The van der Waals surface area contributed by atoms with Gasteiger partial charge in [-0.1, -0.05) is 56.5 Å². The minimum atomic E-state index is -0.396. The maximum Gasteiger partial charge on any atom is 0.233 e. The van der Waals surface area contributed by atoms with Crippen LogP contribution in [0.4, 0.5) is 0 Å². The molecule has 1 aliphatic rings. The summed E-state index contributed by atoms with van der Waals surface area (Å²) in [6.07, 6.45) is 5.41. The van der Waals surface area contributed by atoms with Crippen LogP contribution in [0.2, 0.25) is 0 Å². The van der Waals surface area contributed by atoms with Crippen LogP contribution in [-0.4, -0.2) is 52.5 Å². The number of hydrogen-bond donors (Lipinski definition) is 2. The fourth-order valence-corrected chi connectivity index (χ4v) is 3.32. The number of benzene rings is 1. The Morgan fingerprint density at radius 2 is 1.88 bits per heavy atom. The van der Waals surface area contributed by atoms with Gasteiger partial charge in [-0.2, -0.15) is 0 Å². The van der Waals surface area contributed by atoms with Gasteiger partial charge in [0.1, 0.15) is 11.7 Å². The number of likely N-dealkylation sites (tertiary alicyclic amines) is 1. The monoisotopic (exact) mass is 680 g/mol. The van der Waals surface area contributed by atoms with Crippen molar-refractivity contribution in [2.24, 2.45) is 5.92 Å². The molecule has 7 nitrogen and oxygen atoms in total. The molecule has 0 radical (unpaired) electrons. The smallest absolute Gasteiger partial charge is 0.233 e. The molecule has 1 aromatic carbocycles. The molecule has 1 fully saturated rings. The fourth-order valence-electron chi connectivity index (χ4n) is 3.32. The van der Waals surface area contributed by atoms with Crippen LogP contribution in [0.25, 0.3) is 5.73 Å². The van der Waals surface area contributed by atoms with Crippen molar-refractivity contribution < 1.29 is 50.6 Å². The van der Waals surface area contributed by atoms with Gasteiger partial charge in [-0.15, -0.1) is 13.0 Å². The van der Waals surface area contributed by atoms with Crippen molar-refractivity contribution in [1.29, 1.82) is 0 Å². The van der Waals surface area contributed by atoms with E-state index < -0.39 is 6.10 Å². The van der Waals surface area contributed by atoms with E-state index in [9.17, 15) is 9.90 Å². The molecule has 2 aromatic rings. The van der Waals surface area contributed by atoms with E-state index in [2.05, 4.69) is 11.1 Å². The van der Waals surface area contributed by atoms with Gasteiger partial charge in [0.05, 0.1) is 11.8 Å². The molecule has 3 rings (SSSR count). The fraction of sp³-hybridized carbons (Fsp3) is 0.520. The molecule has 0 bridgehead atoms. The standard InChI is InChI=1S/C15H24N2O3.C9H8N.CH4O.U/c1-9(2)12-7-13(20-16-12)14(10(3)4)15(19)17-6-5-11(18)8-17;1-2-8-3-5-9(7-10)6-4-8;1-2;/h7,9-11,14,18H,5-6,8H2,1-4H3;1,3-6,10H,7H2;2H,1H3;/q;-1;;. The molecule has 0 spiro atoms. The first kappa shape index (κ1) is 31.4. The van der Waals surface area contributed by atoms with Crippen molar-refractivity contribution in [3.8, 4) is 12.3 Å². The van der Waals surface area contributed by atoms with E-state index in [1.165, 1.54) is 0 Å². The second-order valence-corrected chi connectivity index (χ2v) is 8.28. The van der Waals surface area contributed by atoms with Gasteiger partial charge in [-0.25, -0.2) is 0 Å². The summed E-state index contributed by atoms with van der Waals surface area (Å²) in [6, 6.07) is 9.35.